The second-order valence-electron chi connectivity index (χ2n) is 4.19. The van der Waals surface area contributed by atoms with Crippen LogP contribution < -0.4 is 10.5 Å². The molecule has 98 valence electrons. The summed E-state index contributed by atoms with van der Waals surface area (Å²) in [7, 11) is 0. The van der Waals surface area contributed by atoms with Crippen LogP contribution in [0.4, 0.5) is 0 Å². The van der Waals surface area contributed by atoms with Crippen molar-refractivity contribution in [3.8, 4) is 5.75 Å². The quantitative estimate of drug-likeness (QED) is 0.891. The molecule has 1 aromatic heterocycles. The largest absolute Gasteiger partial charge is 0.487 e. The van der Waals surface area contributed by atoms with Gasteiger partial charge in [-0.15, -0.1) is 0 Å². The van der Waals surface area contributed by atoms with Crippen molar-refractivity contribution in [2.45, 2.75) is 20.1 Å². The van der Waals surface area contributed by atoms with Gasteiger partial charge < -0.3 is 10.5 Å². The number of nitrogens with two attached hydrogens (primary N) is 1. The fraction of sp³-hybridized carbons (Fsp3) is 0.188. The molecule has 3 nitrogen and oxygen atoms in total. The summed E-state index contributed by atoms with van der Waals surface area (Å²) in [5.41, 5.74) is 8.53. The molecule has 19 heavy (non-hydrogen) atoms. The number of para-hydroxylation sites is 1. The average Bonchev–Trinajstić information content (AvgIpc) is 2.47. The summed E-state index contributed by atoms with van der Waals surface area (Å²) in [6.45, 7) is 2.96. The zero-order chi connectivity index (χ0) is 13.5. The molecule has 2 N–H and O–H groups in total. The van der Waals surface area contributed by atoms with Crippen LogP contribution in [0.2, 0.25) is 0 Å². The highest BCUT2D eigenvalue weighted by Gasteiger charge is 2.01. The van der Waals surface area contributed by atoms with Crippen LogP contribution in [0, 0.1) is 0 Å². The lowest BCUT2D eigenvalue weighted by atomic mass is 10.2. The van der Waals surface area contributed by atoms with Gasteiger partial charge in [0.05, 0.1) is 5.69 Å². The van der Waals surface area contributed by atoms with Crippen LogP contribution in [0.5, 0.6) is 5.75 Å². The normalized spacial score (nSPS) is 10.8. The molecule has 0 bridgehead atoms. The van der Waals surface area contributed by atoms with E-state index < -0.39 is 0 Å². The fourth-order valence-electron chi connectivity index (χ4n) is 1.74. The monoisotopic (exact) mass is 254 g/mol. The van der Waals surface area contributed by atoms with Gasteiger partial charge in [0.1, 0.15) is 12.4 Å². The minimum atomic E-state index is 0.458. The van der Waals surface area contributed by atoms with Gasteiger partial charge in [0.25, 0.3) is 0 Å². The molecule has 2 rings (SSSR count). The Morgan fingerprint density at radius 2 is 2.05 bits per heavy atom. The Hall–Kier alpha value is -2.13. The lowest BCUT2D eigenvalue weighted by molar-refractivity contribution is 0.300. The minimum Gasteiger partial charge on any atom is -0.487 e. The molecule has 0 saturated heterocycles. The van der Waals surface area contributed by atoms with E-state index in [9.17, 15) is 0 Å². The number of nitrogens with zero attached hydrogens (tertiary/aromatic N) is 1. The number of pyridine rings is 1. The Morgan fingerprint density at radius 1 is 1.21 bits per heavy atom. The van der Waals surface area contributed by atoms with E-state index in [2.05, 4.69) is 4.98 Å². The zero-order valence-corrected chi connectivity index (χ0v) is 11.0. The first-order valence-corrected chi connectivity index (χ1v) is 6.32. The highest BCUT2D eigenvalue weighted by Crippen LogP contribution is 2.20. The molecule has 0 fully saturated rings. The van der Waals surface area contributed by atoms with Gasteiger partial charge in [-0.3, -0.25) is 4.98 Å². The summed E-state index contributed by atoms with van der Waals surface area (Å²) in [4.78, 5) is 4.32. The van der Waals surface area contributed by atoms with Gasteiger partial charge in [0.15, 0.2) is 0 Å². The van der Waals surface area contributed by atoms with E-state index >= 15 is 0 Å². The summed E-state index contributed by atoms with van der Waals surface area (Å²) in [6, 6.07) is 11.9. The molecule has 0 aliphatic rings. The molecular formula is C16H18N2O. The second-order valence-corrected chi connectivity index (χ2v) is 4.19. The number of allylic oxidation sites excluding steroid dienone is 1. The van der Waals surface area contributed by atoms with Crippen molar-refractivity contribution in [1.29, 1.82) is 0 Å². The third-order valence-corrected chi connectivity index (χ3v) is 2.76. The van der Waals surface area contributed by atoms with E-state index in [0.29, 0.717) is 13.2 Å². The van der Waals surface area contributed by atoms with E-state index in [1.54, 1.807) is 6.20 Å². The standard InChI is InChI=1S/C16H18N2O/c1-2-5-14-6-3-4-7-16(14)19-12-15-9-8-13(10-17)11-18-15/h2-9,11H,10,12,17H2,1H3. The van der Waals surface area contributed by atoms with Crippen molar-refractivity contribution in [3.63, 3.8) is 0 Å². The van der Waals surface area contributed by atoms with Gasteiger partial charge in [-0.2, -0.15) is 0 Å². The average molecular weight is 254 g/mol. The van der Waals surface area contributed by atoms with Crippen molar-refractivity contribution in [2.75, 3.05) is 0 Å². The van der Waals surface area contributed by atoms with Gasteiger partial charge in [-0.1, -0.05) is 36.4 Å². The predicted octanol–water partition coefficient (Wildman–Crippen LogP) is 3.15. The van der Waals surface area contributed by atoms with Crippen LogP contribution in [0.25, 0.3) is 6.08 Å². The van der Waals surface area contributed by atoms with Crippen LogP contribution in [0.1, 0.15) is 23.7 Å². The first-order chi connectivity index (χ1) is 9.33. The minimum absolute atomic E-state index is 0.458. The third-order valence-electron chi connectivity index (χ3n) is 2.76. The van der Waals surface area contributed by atoms with Crippen LogP contribution in [-0.2, 0) is 13.2 Å². The molecule has 0 spiro atoms. The molecule has 0 aliphatic carbocycles. The third kappa shape index (κ3) is 3.66. The van der Waals surface area contributed by atoms with Gasteiger partial charge in [-0.25, -0.2) is 0 Å². The van der Waals surface area contributed by atoms with Gasteiger partial charge >= 0.3 is 0 Å². The van der Waals surface area contributed by atoms with Crippen molar-refractivity contribution in [1.82, 2.24) is 4.98 Å². The number of hydrogen-bond donors (Lipinski definition) is 1. The summed E-state index contributed by atoms with van der Waals surface area (Å²) in [5.74, 6) is 0.866. The molecule has 0 aliphatic heterocycles. The topological polar surface area (TPSA) is 48.1 Å². The first-order valence-electron chi connectivity index (χ1n) is 6.32. The molecule has 0 saturated carbocycles. The predicted molar refractivity (Wildman–Crippen MR) is 77.6 cm³/mol. The number of benzene rings is 1. The van der Waals surface area contributed by atoms with Crippen LogP contribution >= 0.6 is 0 Å². The van der Waals surface area contributed by atoms with Crippen molar-refractivity contribution in [3.05, 3.63) is 65.5 Å². The molecular weight excluding hydrogens is 236 g/mol. The molecule has 1 heterocycles. The molecule has 1 aromatic carbocycles. The highest BCUT2D eigenvalue weighted by atomic mass is 16.5. The highest BCUT2D eigenvalue weighted by molar-refractivity contribution is 5.56. The lowest BCUT2D eigenvalue weighted by Crippen LogP contribution is -2.01. The zero-order valence-electron chi connectivity index (χ0n) is 11.0. The number of ether oxygens (including phenoxy) is 1. The van der Waals surface area contributed by atoms with E-state index in [-0.39, 0.29) is 0 Å². The number of rotatable bonds is 5. The van der Waals surface area contributed by atoms with Crippen LogP contribution in [0.3, 0.4) is 0 Å². The number of hydrogen-bond acceptors (Lipinski definition) is 3. The smallest absolute Gasteiger partial charge is 0.130 e. The Bertz CT molecular complexity index is 547. The Kier molecular flexibility index (Phi) is 4.70. The van der Waals surface area contributed by atoms with Crippen molar-refractivity contribution >= 4 is 6.08 Å². The Balaban J connectivity index is 2.05. The fourth-order valence-corrected chi connectivity index (χ4v) is 1.74. The van der Waals surface area contributed by atoms with E-state index in [0.717, 1.165) is 22.6 Å². The first kappa shape index (κ1) is 13.3. The maximum absolute atomic E-state index is 5.80. The van der Waals surface area contributed by atoms with Gasteiger partial charge in [0.2, 0.25) is 0 Å². The Morgan fingerprint density at radius 3 is 2.74 bits per heavy atom. The van der Waals surface area contributed by atoms with Crippen molar-refractivity contribution < 1.29 is 4.74 Å². The van der Waals surface area contributed by atoms with Crippen LogP contribution in [0.15, 0.2) is 48.7 Å². The maximum atomic E-state index is 5.80. The Labute approximate surface area is 113 Å². The number of aromatic nitrogens is 1. The molecule has 0 unspecified atom stereocenters. The summed E-state index contributed by atoms with van der Waals surface area (Å²) >= 11 is 0. The van der Waals surface area contributed by atoms with Gasteiger partial charge in [-0.05, 0) is 24.6 Å². The molecule has 3 heteroatoms. The lowest BCUT2D eigenvalue weighted by Gasteiger charge is -2.09. The maximum Gasteiger partial charge on any atom is 0.130 e. The van der Waals surface area contributed by atoms with Crippen molar-refractivity contribution in [2.24, 2.45) is 5.73 Å². The SMILES string of the molecule is CC=Cc1ccccc1OCc1ccc(CN)cn1. The van der Waals surface area contributed by atoms with E-state index in [1.807, 2.05) is 55.5 Å². The van der Waals surface area contributed by atoms with Crippen LogP contribution in [-0.4, -0.2) is 4.98 Å². The summed E-state index contributed by atoms with van der Waals surface area (Å²) in [5, 5.41) is 0. The summed E-state index contributed by atoms with van der Waals surface area (Å²) < 4.78 is 5.80. The molecule has 0 amide bonds. The van der Waals surface area contributed by atoms with E-state index in [1.165, 1.54) is 0 Å². The molecule has 0 atom stereocenters. The van der Waals surface area contributed by atoms with E-state index in [4.69, 9.17) is 10.5 Å². The summed E-state index contributed by atoms with van der Waals surface area (Å²) in [6.07, 6.45) is 5.81. The van der Waals surface area contributed by atoms with Gasteiger partial charge in [0, 0.05) is 18.3 Å². The molecule has 2 aromatic rings. The molecule has 0 radical (unpaired) electrons. The second kappa shape index (κ2) is 6.71.